The van der Waals surface area contributed by atoms with Gasteiger partial charge in [-0.25, -0.2) is 9.97 Å². The van der Waals surface area contributed by atoms with Gasteiger partial charge in [-0.1, -0.05) is 13.8 Å². The molecule has 5 heteroatoms. The minimum Gasteiger partial charge on any atom is -0.469 e. The van der Waals surface area contributed by atoms with Gasteiger partial charge in [0.2, 0.25) is 0 Å². The first kappa shape index (κ1) is 15.0. The first-order valence-electron chi connectivity index (χ1n) is 6.87. The Labute approximate surface area is 128 Å². The number of aromatic nitrogens is 2. The summed E-state index contributed by atoms with van der Waals surface area (Å²) in [5.41, 5.74) is 1.98. The molecule has 0 unspecified atom stereocenters. The van der Waals surface area contributed by atoms with Crippen molar-refractivity contribution in [1.29, 1.82) is 0 Å². The maximum Gasteiger partial charge on any atom is 0.165 e. The van der Waals surface area contributed by atoms with Gasteiger partial charge < -0.3 is 9.73 Å². The van der Waals surface area contributed by atoms with Gasteiger partial charge in [0, 0.05) is 6.54 Å². The van der Waals surface area contributed by atoms with Gasteiger partial charge in [0.1, 0.15) is 11.6 Å². The van der Waals surface area contributed by atoms with Crippen LogP contribution in [-0.2, 0) is 6.42 Å². The summed E-state index contributed by atoms with van der Waals surface area (Å²) in [7, 11) is 0. The van der Waals surface area contributed by atoms with Crippen molar-refractivity contribution < 1.29 is 4.42 Å². The fourth-order valence-electron chi connectivity index (χ4n) is 2.04. The number of halogens is 1. The maximum absolute atomic E-state index is 5.36. The number of anilines is 1. The molecule has 0 radical (unpaired) electrons. The Kier molecular flexibility index (Phi) is 4.81. The van der Waals surface area contributed by atoms with Crippen LogP contribution in [0.3, 0.4) is 0 Å². The monoisotopic (exact) mass is 337 g/mol. The Morgan fingerprint density at radius 1 is 1.35 bits per heavy atom. The van der Waals surface area contributed by atoms with E-state index in [-0.39, 0.29) is 0 Å². The molecule has 4 nitrogen and oxygen atoms in total. The zero-order chi connectivity index (χ0) is 14.7. The molecule has 108 valence electrons. The minimum atomic E-state index is 0.536. The number of nitrogens with zero attached hydrogens (tertiary/aromatic N) is 2. The van der Waals surface area contributed by atoms with Gasteiger partial charge in [-0.05, 0) is 48.2 Å². The van der Waals surface area contributed by atoms with Crippen LogP contribution in [0.1, 0.15) is 32.2 Å². The predicted octanol–water partition coefficient (Wildman–Crippen LogP) is 4.44. The van der Waals surface area contributed by atoms with Crippen LogP contribution < -0.4 is 5.32 Å². The fourth-order valence-corrected chi connectivity index (χ4v) is 2.52. The fraction of sp³-hybridized carbons (Fsp3) is 0.467. The number of rotatable bonds is 5. The molecule has 0 aliphatic heterocycles. The summed E-state index contributed by atoms with van der Waals surface area (Å²) in [4.78, 5) is 9.30. The van der Waals surface area contributed by atoms with Crippen LogP contribution in [0.2, 0.25) is 0 Å². The molecule has 0 saturated carbocycles. The third-order valence-corrected chi connectivity index (χ3v) is 3.80. The molecular formula is C15H20BrN3O. The highest BCUT2D eigenvalue weighted by Crippen LogP contribution is 2.30. The quantitative estimate of drug-likeness (QED) is 0.876. The van der Waals surface area contributed by atoms with E-state index in [0.29, 0.717) is 11.7 Å². The Hall–Kier alpha value is -1.36. The van der Waals surface area contributed by atoms with Crippen LogP contribution in [0.4, 0.5) is 5.82 Å². The molecule has 0 saturated heterocycles. The van der Waals surface area contributed by atoms with E-state index in [9.17, 15) is 0 Å². The van der Waals surface area contributed by atoms with Gasteiger partial charge in [-0.2, -0.15) is 0 Å². The molecule has 0 spiro atoms. The van der Waals surface area contributed by atoms with Crippen molar-refractivity contribution in [3.63, 3.8) is 0 Å². The van der Waals surface area contributed by atoms with Crippen LogP contribution in [0.5, 0.6) is 0 Å². The lowest BCUT2D eigenvalue weighted by Gasteiger charge is -2.13. The van der Waals surface area contributed by atoms with E-state index in [1.807, 2.05) is 13.0 Å². The van der Waals surface area contributed by atoms with E-state index >= 15 is 0 Å². The molecule has 2 rings (SSSR count). The second-order valence-electron chi connectivity index (χ2n) is 5.18. The van der Waals surface area contributed by atoms with Gasteiger partial charge in [-0.15, -0.1) is 0 Å². The second-order valence-corrected chi connectivity index (χ2v) is 5.97. The summed E-state index contributed by atoms with van der Waals surface area (Å²) in [5.74, 6) is 2.93. The highest BCUT2D eigenvalue weighted by atomic mass is 79.9. The summed E-state index contributed by atoms with van der Waals surface area (Å²) in [6.07, 6.45) is 2.58. The van der Waals surface area contributed by atoms with Crippen molar-refractivity contribution >= 4 is 21.7 Å². The lowest BCUT2D eigenvalue weighted by atomic mass is 10.1. The van der Waals surface area contributed by atoms with Crippen LogP contribution in [-0.4, -0.2) is 16.5 Å². The zero-order valence-corrected chi connectivity index (χ0v) is 13.9. The second kappa shape index (κ2) is 6.39. The molecule has 0 atom stereocenters. The number of nitrogens with one attached hydrogen (secondary N) is 1. The Bertz CT molecular complexity index is 593. The molecule has 0 bridgehead atoms. The maximum atomic E-state index is 5.36. The summed E-state index contributed by atoms with van der Waals surface area (Å²) in [6.45, 7) is 9.17. The van der Waals surface area contributed by atoms with Crippen molar-refractivity contribution in [2.45, 2.75) is 34.1 Å². The van der Waals surface area contributed by atoms with Gasteiger partial charge >= 0.3 is 0 Å². The van der Waals surface area contributed by atoms with E-state index in [1.54, 1.807) is 6.26 Å². The lowest BCUT2D eigenvalue weighted by molar-refractivity contribution is 0.535. The van der Waals surface area contributed by atoms with Gasteiger partial charge in [0.05, 0.1) is 22.0 Å². The molecule has 20 heavy (non-hydrogen) atoms. The number of hydrogen-bond acceptors (Lipinski definition) is 4. The average Bonchev–Trinajstić information content (AvgIpc) is 2.80. The van der Waals surface area contributed by atoms with E-state index in [4.69, 9.17) is 9.40 Å². The lowest BCUT2D eigenvalue weighted by Crippen LogP contribution is -2.08. The molecule has 0 fully saturated rings. The molecule has 2 aromatic rings. The molecule has 2 heterocycles. The first-order chi connectivity index (χ1) is 9.52. The molecule has 0 amide bonds. The number of furan rings is 1. The Balaban J connectivity index is 2.52. The van der Waals surface area contributed by atoms with Crippen molar-refractivity contribution in [2.75, 3.05) is 11.9 Å². The summed E-state index contributed by atoms with van der Waals surface area (Å²) in [6, 6.07) is 1.91. The van der Waals surface area contributed by atoms with E-state index < -0.39 is 0 Å². The normalized spacial score (nSPS) is 11.1. The molecule has 1 N–H and O–H groups in total. The summed E-state index contributed by atoms with van der Waals surface area (Å²) in [5, 5.41) is 3.28. The third-order valence-electron chi connectivity index (χ3n) is 2.97. The van der Waals surface area contributed by atoms with Crippen molar-refractivity contribution in [2.24, 2.45) is 5.92 Å². The van der Waals surface area contributed by atoms with Crippen LogP contribution in [0, 0.1) is 12.8 Å². The smallest absolute Gasteiger partial charge is 0.165 e. The SMILES string of the molecule is CCNc1nc(-c2ccoc2C)nc(CC(C)C)c1Br. The molecule has 0 aromatic carbocycles. The molecule has 0 aliphatic rings. The number of aryl methyl sites for hydroxylation is 1. The zero-order valence-electron chi connectivity index (χ0n) is 12.3. The summed E-state index contributed by atoms with van der Waals surface area (Å²) < 4.78 is 6.31. The highest BCUT2D eigenvalue weighted by Gasteiger charge is 2.16. The summed E-state index contributed by atoms with van der Waals surface area (Å²) >= 11 is 3.62. The van der Waals surface area contributed by atoms with Crippen molar-refractivity contribution in [1.82, 2.24) is 9.97 Å². The van der Waals surface area contributed by atoms with Crippen LogP contribution in [0.15, 0.2) is 21.2 Å². The third kappa shape index (κ3) is 3.20. The topological polar surface area (TPSA) is 51.0 Å². The van der Waals surface area contributed by atoms with Crippen LogP contribution >= 0.6 is 15.9 Å². The van der Waals surface area contributed by atoms with E-state index in [2.05, 4.69) is 47.0 Å². The Morgan fingerprint density at radius 2 is 2.10 bits per heavy atom. The number of hydrogen-bond donors (Lipinski definition) is 1. The van der Waals surface area contributed by atoms with Gasteiger partial charge in [0.25, 0.3) is 0 Å². The van der Waals surface area contributed by atoms with Gasteiger partial charge in [-0.3, -0.25) is 0 Å². The average molecular weight is 338 g/mol. The standard InChI is InChI=1S/C15H20BrN3O/c1-5-17-15-13(16)12(8-9(2)3)18-14(19-15)11-6-7-20-10(11)4/h6-7,9H,5,8H2,1-4H3,(H,17,18,19). The largest absolute Gasteiger partial charge is 0.469 e. The Morgan fingerprint density at radius 3 is 2.65 bits per heavy atom. The molecule has 2 aromatic heterocycles. The predicted molar refractivity (Wildman–Crippen MR) is 84.9 cm³/mol. The van der Waals surface area contributed by atoms with Crippen molar-refractivity contribution in [3.8, 4) is 11.4 Å². The van der Waals surface area contributed by atoms with Crippen LogP contribution in [0.25, 0.3) is 11.4 Å². The van der Waals surface area contributed by atoms with E-state index in [0.717, 1.165) is 40.3 Å². The van der Waals surface area contributed by atoms with Crippen molar-refractivity contribution in [3.05, 3.63) is 28.3 Å². The first-order valence-corrected chi connectivity index (χ1v) is 7.67. The molecule has 0 aliphatic carbocycles. The highest BCUT2D eigenvalue weighted by molar-refractivity contribution is 9.10. The minimum absolute atomic E-state index is 0.536. The molecular weight excluding hydrogens is 318 g/mol. The van der Waals surface area contributed by atoms with E-state index in [1.165, 1.54) is 0 Å². The van der Waals surface area contributed by atoms with Gasteiger partial charge in [0.15, 0.2) is 5.82 Å².